The van der Waals surface area contributed by atoms with E-state index in [9.17, 15) is 5.11 Å². The number of phenolic OH excluding ortho intramolecular Hbond substituents is 1. The Morgan fingerprint density at radius 1 is 1.22 bits per heavy atom. The van der Waals surface area contributed by atoms with E-state index >= 15 is 0 Å². The zero-order chi connectivity index (χ0) is 13.1. The van der Waals surface area contributed by atoms with E-state index in [1.807, 2.05) is 12.1 Å². The Balaban J connectivity index is 2.06. The molecule has 0 radical (unpaired) electrons. The van der Waals surface area contributed by atoms with Crippen LogP contribution in [0, 0.1) is 10.5 Å². The maximum absolute atomic E-state index is 9.43. The van der Waals surface area contributed by atoms with Crippen LogP contribution in [0.3, 0.4) is 0 Å². The van der Waals surface area contributed by atoms with Crippen molar-refractivity contribution in [2.75, 3.05) is 5.32 Å². The van der Waals surface area contributed by atoms with Crippen LogP contribution in [-0.4, -0.2) is 5.11 Å². The summed E-state index contributed by atoms with van der Waals surface area (Å²) in [4.78, 5) is 0. The lowest BCUT2D eigenvalue weighted by molar-refractivity contribution is 0.471. The standard InChI is InChI=1S/C14H13BrINO/c1-9-2-4-11(7-13(9)16)17-8-10-3-5-14(18)12(15)6-10/h2-7,17-18H,8H2,1H3. The Hall–Kier alpha value is -0.750. The second kappa shape index (κ2) is 5.93. The lowest BCUT2D eigenvalue weighted by atomic mass is 10.2. The predicted octanol–water partition coefficient (Wildman–Crippen LogP) is 4.68. The van der Waals surface area contributed by atoms with Gasteiger partial charge in [0.15, 0.2) is 0 Å². The highest BCUT2D eigenvalue weighted by molar-refractivity contribution is 14.1. The highest BCUT2D eigenvalue weighted by Crippen LogP contribution is 2.25. The summed E-state index contributed by atoms with van der Waals surface area (Å²) in [6.07, 6.45) is 0. The minimum atomic E-state index is 0.267. The fourth-order valence-corrected chi connectivity index (χ4v) is 2.51. The number of aromatic hydroxyl groups is 1. The average molecular weight is 418 g/mol. The van der Waals surface area contributed by atoms with E-state index in [4.69, 9.17) is 0 Å². The largest absolute Gasteiger partial charge is 0.507 e. The molecule has 2 aromatic rings. The molecule has 2 nitrogen and oxygen atoms in total. The van der Waals surface area contributed by atoms with Gasteiger partial charge in [-0.15, -0.1) is 0 Å². The minimum absolute atomic E-state index is 0.267. The van der Waals surface area contributed by atoms with Gasteiger partial charge in [-0.3, -0.25) is 0 Å². The Bertz CT molecular complexity index is 520. The highest BCUT2D eigenvalue weighted by Gasteiger charge is 2.01. The molecule has 18 heavy (non-hydrogen) atoms. The Morgan fingerprint density at radius 3 is 2.67 bits per heavy atom. The quantitative estimate of drug-likeness (QED) is 0.710. The number of hydrogen-bond donors (Lipinski definition) is 2. The van der Waals surface area contributed by atoms with Gasteiger partial charge in [-0.05, 0) is 80.8 Å². The van der Waals surface area contributed by atoms with Crippen LogP contribution < -0.4 is 5.32 Å². The molecule has 0 aromatic heterocycles. The molecule has 2 aromatic carbocycles. The average Bonchev–Trinajstić information content (AvgIpc) is 2.35. The molecule has 0 saturated heterocycles. The van der Waals surface area contributed by atoms with Gasteiger partial charge < -0.3 is 10.4 Å². The lowest BCUT2D eigenvalue weighted by Gasteiger charge is -2.09. The maximum atomic E-state index is 9.43. The molecule has 0 spiro atoms. The zero-order valence-electron chi connectivity index (χ0n) is 9.87. The third-order valence-electron chi connectivity index (χ3n) is 2.68. The van der Waals surface area contributed by atoms with E-state index < -0.39 is 0 Å². The molecule has 94 valence electrons. The normalized spacial score (nSPS) is 10.4. The predicted molar refractivity (Wildman–Crippen MR) is 87.0 cm³/mol. The molecule has 0 fully saturated rings. The van der Waals surface area contributed by atoms with Gasteiger partial charge >= 0.3 is 0 Å². The van der Waals surface area contributed by atoms with Crippen LogP contribution in [0.4, 0.5) is 5.69 Å². The Labute approximate surface area is 129 Å². The highest BCUT2D eigenvalue weighted by atomic mass is 127. The summed E-state index contributed by atoms with van der Waals surface area (Å²) in [6.45, 7) is 2.83. The van der Waals surface area contributed by atoms with E-state index in [1.54, 1.807) is 6.07 Å². The summed E-state index contributed by atoms with van der Waals surface area (Å²) in [5.41, 5.74) is 3.51. The molecule has 0 saturated carbocycles. The number of halogens is 2. The maximum Gasteiger partial charge on any atom is 0.129 e. The summed E-state index contributed by atoms with van der Waals surface area (Å²) in [6, 6.07) is 11.8. The first-order chi connectivity index (χ1) is 8.56. The number of aryl methyl sites for hydroxylation is 1. The van der Waals surface area contributed by atoms with Crippen LogP contribution in [0.15, 0.2) is 40.9 Å². The second-order valence-corrected chi connectivity index (χ2v) is 6.12. The molecule has 0 atom stereocenters. The Morgan fingerprint density at radius 2 is 2.00 bits per heavy atom. The summed E-state index contributed by atoms with van der Waals surface area (Å²) in [5, 5.41) is 12.8. The summed E-state index contributed by atoms with van der Waals surface area (Å²) >= 11 is 5.65. The first-order valence-corrected chi connectivity index (χ1v) is 7.41. The third kappa shape index (κ3) is 3.38. The van der Waals surface area contributed by atoms with Gasteiger partial charge in [0.2, 0.25) is 0 Å². The van der Waals surface area contributed by atoms with E-state index in [-0.39, 0.29) is 5.75 Å². The fraction of sp³-hybridized carbons (Fsp3) is 0.143. The molecular weight excluding hydrogens is 405 g/mol. The van der Waals surface area contributed by atoms with Crippen LogP contribution in [0.2, 0.25) is 0 Å². The van der Waals surface area contributed by atoms with E-state index in [0.717, 1.165) is 22.3 Å². The summed E-state index contributed by atoms with van der Waals surface area (Å²) < 4.78 is 1.98. The molecule has 0 aliphatic carbocycles. The molecule has 0 unspecified atom stereocenters. The monoisotopic (exact) mass is 417 g/mol. The smallest absolute Gasteiger partial charge is 0.129 e. The van der Waals surface area contributed by atoms with Crippen LogP contribution in [-0.2, 0) is 6.54 Å². The molecule has 0 bridgehead atoms. The topological polar surface area (TPSA) is 32.3 Å². The number of benzene rings is 2. The molecular formula is C14H13BrINO. The van der Waals surface area contributed by atoms with Crippen molar-refractivity contribution in [1.82, 2.24) is 0 Å². The van der Waals surface area contributed by atoms with Crippen molar-refractivity contribution in [3.05, 3.63) is 55.6 Å². The van der Waals surface area contributed by atoms with Crippen molar-refractivity contribution in [3.63, 3.8) is 0 Å². The molecule has 0 amide bonds. The van der Waals surface area contributed by atoms with E-state index in [1.165, 1.54) is 9.13 Å². The van der Waals surface area contributed by atoms with E-state index in [0.29, 0.717) is 0 Å². The summed E-state index contributed by atoms with van der Waals surface area (Å²) in [7, 11) is 0. The SMILES string of the molecule is Cc1ccc(NCc2ccc(O)c(Br)c2)cc1I. The zero-order valence-corrected chi connectivity index (χ0v) is 13.6. The number of nitrogens with one attached hydrogen (secondary N) is 1. The molecule has 2 rings (SSSR count). The van der Waals surface area contributed by atoms with Gasteiger partial charge in [0.05, 0.1) is 4.47 Å². The van der Waals surface area contributed by atoms with Crippen LogP contribution in [0.25, 0.3) is 0 Å². The molecule has 2 N–H and O–H groups in total. The summed E-state index contributed by atoms with van der Waals surface area (Å²) in [5.74, 6) is 0.267. The first-order valence-electron chi connectivity index (χ1n) is 5.53. The first kappa shape index (κ1) is 13.7. The number of rotatable bonds is 3. The van der Waals surface area contributed by atoms with Crippen LogP contribution in [0.5, 0.6) is 5.75 Å². The van der Waals surface area contributed by atoms with Gasteiger partial charge in [0.25, 0.3) is 0 Å². The lowest BCUT2D eigenvalue weighted by Crippen LogP contribution is -1.99. The molecule has 0 heterocycles. The molecule has 0 aliphatic rings. The van der Waals surface area contributed by atoms with Crippen molar-refractivity contribution in [2.45, 2.75) is 13.5 Å². The molecule has 4 heteroatoms. The van der Waals surface area contributed by atoms with Gasteiger partial charge in [-0.1, -0.05) is 12.1 Å². The van der Waals surface area contributed by atoms with Gasteiger partial charge in [0, 0.05) is 15.8 Å². The van der Waals surface area contributed by atoms with Gasteiger partial charge in [-0.25, -0.2) is 0 Å². The van der Waals surface area contributed by atoms with Gasteiger partial charge in [-0.2, -0.15) is 0 Å². The number of hydrogen-bond acceptors (Lipinski definition) is 2. The second-order valence-electron chi connectivity index (χ2n) is 4.10. The van der Waals surface area contributed by atoms with Crippen molar-refractivity contribution in [2.24, 2.45) is 0 Å². The fourth-order valence-electron chi connectivity index (χ4n) is 1.57. The number of phenols is 1. The van der Waals surface area contributed by atoms with E-state index in [2.05, 4.69) is 69.0 Å². The van der Waals surface area contributed by atoms with Crippen molar-refractivity contribution >= 4 is 44.2 Å². The third-order valence-corrected chi connectivity index (χ3v) is 4.48. The van der Waals surface area contributed by atoms with Crippen molar-refractivity contribution in [1.29, 1.82) is 0 Å². The minimum Gasteiger partial charge on any atom is -0.507 e. The van der Waals surface area contributed by atoms with Crippen molar-refractivity contribution < 1.29 is 5.11 Å². The van der Waals surface area contributed by atoms with Crippen molar-refractivity contribution in [3.8, 4) is 5.75 Å². The van der Waals surface area contributed by atoms with Crippen LogP contribution in [0.1, 0.15) is 11.1 Å². The Kier molecular flexibility index (Phi) is 4.50. The van der Waals surface area contributed by atoms with Gasteiger partial charge in [0.1, 0.15) is 5.75 Å². The number of anilines is 1. The van der Waals surface area contributed by atoms with Crippen LogP contribution >= 0.6 is 38.5 Å². The molecule has 0 aliphatic heterocycles.